The molecule has 2 N–H and O–H groups in total. The Morgan fingerprint density at radius 1 is 1.11 bits per heavy atom. The van der Waals surface area contributed by atoms with Crippen molar-refractivity contribution in [2.45, 2.75) is 31.5 Å². The van der Waals surface area contributed by atoms with Crippen LogP contribution in [-0.2, 0) is 9.53 Å². The molecule has 0 aromatic rings. The van der Waals surface area contributed by atoms with Crippen LogP contribution < -0.4 is 0 Å². The van der Waals surface area contributed by atoms with E-state index >= 15 is 0 Å². The zero-order valence-corrected chi connectivity index (χ0v) is 10.8. The van der Waals surface area contributed by atoms with Gasteiger partial charge in [0.15, 0.2) is 0 Å². The molecule has 0 radical (unpaired) electrons. The molecule has 0 aromatic carbocycles. The highest BCUT2D eigenvalue weighted by Crippen LogP contribution is 2.17. The van der Waals surface area contributed by atoms with E-state index < -0.39 is 12.1 Å². The molecular formula is C12H20N2O5. The molecule has 7 nitrogen and oxygen atoms in total. The minimum atomic E-state index is -0.968. The Kier molecular flexibility index (Phi) is 4.60. The zero-order valence-electron chi connectivity index (χ0n) is 10.8. The summed E-state index contributed by atoms with van der Waals surface area (Å²) in [5.74, 6) is -0.968. The minimum absolute atomic E-state index is 0.0340. The van der Waals surface area contributed by atoms with Gasteiger partial charge in [0.25, 0.3) is 0 Å². The summed E-state index contributed by atoms with van der Waals surface area (Å²) in [7, 11) is 0. The predicted molar refractivity (Wildman–Crippen MR) is 65.8 cm³/mol. The number of carboxylic acid groups (broad SMARTS) is 1. The number of aliphatic hydroxyl groups is 1. The maximum Gasteiger partial charge on any atom is 0.329 e. The number of piperidine rings is 1. The second kappa shape index (κ2) is 6.21. The molecule has 2 aliphatic heterocycles. The van der Waals surface area contributed by atoms with Gasteiger partial charge in [-0.15, -0.1) is 0 Å². The van der Waals surface area contributed by atoms with E-state index in [1.54, 1.807) is 9.80 Å². The molecule has 2 fully saturated rings. The van der Waals surface area contributed by atoms with E-state index in [-0.39, 0.29) is 18.7 Å². The molecule has 0 saturated carbocycles. The number of urea groups is 1. The van der Waals surface area contributed by atoms with Crippen LogP contribution in [0.1, 0.15) is 19.3 Å². The van der Waals surface area contributed by atoms with Crippen molar-refractivity contribution in [3.8, 4) is 0 Å². The average molecular weight is 272 g/mol. The summed E-state index contributed by atoms with van der Waals surface area (Å²) in [4.78, 5) is 25.9. The first kappa shape index (κ1) is 14.1. The highest BCUT2D eigenvalue weighted by molar-refractivity contribution is 5.75. The monoisotopic (exact) mass is 272 g/mol. The minimum Gasteiger partial charge on any atom is -0.480 e. The second-order valence-electron chi connectivity index (χ2n) is 5.06. The number of β-amino-alcohol motifs (C(OH)–C–C–N with tert-alkyl or cyclic N) is 1. The largest absolute Gasteiger partial charge is 0.480 e. The molecule has 0 aliphatic carbocycles. The van der Waals surface area contributed by atoms with Gasteiger partial charge >= 0.3 is 12.0 Å². The standard InChI is InChI=1S/C12H20N2O5/c15-9-1-4-14(7-9)12(18)13-5-2-10(3-6-13)19-8-11(16)17/h9-10,15H,1-8H2,(H,16,17). The third-order valence-electron chi connectivity index (χ3n) is 3.59. The van der Waals surface area contributed by atoms with E-state index in [2.05, 4.69) is 0 Å². The van der Waals surface area contributed by atoms with Gasteiger partial charge in [-0.25, -0.2) is 9.59 Å². The van der Waals surface area contributed by atoms with Crippen molar-refractivity contribution in [1.82, 2.24) is 9.80 Å². The Balaban J connectivity index is 1.73. The van der Waals surface area contributed by atoms with Crippen molar-refractivity contribution < 1.29 is 24.5 Å². The van der Waals surface area contributed by atoms with Crippen LogP contribution in [0.2, 0.25) is 0 Å². The number of likely N-dealkylation sites (tertiary alicyclic amines) is 2. The Bertz CT molecular complexity index is 341. The second-order valence-corrected chi connectivity index (χ2v) is 5.06. The summed E-state index contributed by atoms with van der Waals surface area (Å²) in [5.41, 5.74) is 0. The first-order valence-corrected chi connectivity index (χ1v) is 6.61. The first-order valence-electron chi connectivity index (χ1n) is 6.61. The first-order chi connectivity index (χ1) is 9.06. The lowest BCUT2D eigenvalue weighted by Crippen LogP contribution is -2.47. The molecule has 0 spiro atoms. The summed E-state index contributed by atoms with van der Waals surface area (Å²) in [6, 6.07) is -0.0340. The number of carbonyl (C=O) groups excluding carboxylic acids is 1. The summed E-state index contributed by atoms with van der Waals surface area (Å²) >= 11 is 0. The Morgan fingerprint density at radius 3 is 2.26 bits per heavy atom. The van der Waals surface area contributed by atoms with Gasteiger partial charge in [0.05, 0.1) is 12.2 Å². The highest BCUT2D eigenvalue weighted by atomic mass is 16.5. The number of carboxylic acids is 1. The van der Waals surface area contributed by atoms with Gasteiger partial charge in [-0.3, -0.25) is 0 Å². The fourth-order valence-corrected chi connectivity index (χ4v) is 2.52. The molecule has 19 heavy (non-hydrogen) atoms. The van der Waals surface area contributed by atoms with Crippen molar-refractivity contribution >= 4 is 12.0 Å². The van der Waals surface area contributed by atoms with Gasteiger partial charge in [-0.05, 0) is 19.3 Å². The van der Waals surface area contributed by atoms with Gasteiger partial charge in [0.2, 0.25) is 0 Å². The summed E-state index contributed by atoms with van der Waals surface area (Å²) < 4.78 is 5.22. The molecule has 2 rings (SSSR count). The number of carbonyl (C=O) groups is 2. The lowest BCUT2D eigenvalue weighted by atomic mass is 10.1. The number of aliphatic hydroxyl groups excluding tert-OH is 1. The number of amides is 2. The van der Waals surface area contributed by atoms with E-state index in [1.807, 2.05) is 0 Å². The molecule has 0 aromatic heterocycles. The maximum absolute atomic E-state index is 12.1. The Morgan fingerprint density at radius 2 is 1.74 bits per heavy atom. The van der Waals surface area contributed by atoms with Gasteiger partial charge < -0.3 is 24.7 Å². The Hall–Kier alpha value is -1.34. The van der Waals surface area contributed by atoms with Gasteiger partial charge in [0, 0.05) is 26.2 Å². The summed E-state index contributed by atoms with van der Waals surface area (Å²) in [6.07, 6.45) is 1.49. The Labute approximate surface area is 111 Å². The third kappa shape index (κ3) is 3.81. The molecule has 2 heterocycles. The average Bonchev–Trinajstić information content (AvgIpc) is 2.83. The van der Waals surface area contributed by atoms with Crippen LogP contribution in [0.3, 0.4) is 0 Å². The third-order valence-corrected chi connectivity index (χ3v) is 3.59. The molecule has 2 amide bonds. The number of aliphatic carboxylic acids is 1. The predicted octanol–water partition coefficient (Wildman–Crippen LogP) is -0.261. The van der Waals surface area contributed by atoms with E-state index in [4.69, 9.17) is 9.84 Å². The lowest BCUT2D eigenvalue weighted by Gasteiger charge is -2.34. The SMILES string of the molecule is O=C(O)COC1CCN(C(=O)N2CCC(O)C2)CC1. The van der Waals surface area contributed by atoms with Crippen LogP contribution in [-0.4, -0.2) is 77.0 Å². The smallest absolute Gasteiger partial charge is 0.329 e. The van der Waals surface area contributed by atoms with Gasteiger partial charge in [-0.1, -0.05) is 0 Å². The van der Waals surface area contributed by atoms with Crippen LogP contribution in [0.25, 0.3) is 0 Å². The molecular weight excluding hydrogens is 252 g/mol. The van der Waals surface area contributed by atoms with Crippen LogP contribution in [0.15, 0.2) is 0 Å². The van der Waals surface area contributed by atoms with Crippen molar-refractivity contribution in [3.05, 3.63) is 0 Å². The van der Waals surface area contributed by atoms with Gasteiger partial charge in [0.1, 0.15) is 6.61 Å². The molecule has 1 atom stereocenters. The van der Waals surface area contributed by atoms with Crippen molar-refractivity contribution in [2.75, 3.05) is 32.8 Å². The normalized spacial score (nSPS) is 24.8. The van der Waals surface area contributed by atoms with Gasteiger partial charge in [-0.2, -0.15) is 0 Å². The zero-order chi connectivity index (χ0) is 13.8. The number of ether oxygens (including phenoxy) is 1. The summed E-state index contributed by atoms with van der Waals surface area (Å²) in [5, 5.41) is 18.0. The van der Waals surface area contributed by atoms with Crippen LogP contribution in [0.4, 0.5) is 4.79 Å². The van der Waals surface area contributed by atoms with E-state index in [0.29, 0.717) is 45.4 Å². The van der Waals surface area contributed by atoms with E-state index in [1.165, 1.54) is 0 Å². The number of rotatable bonds is 3. The molecule has 2 saturated heterocycles. The number of hydrogen-bond acceptors (Lipinski definition) is 4. The highest BCUT2D eigenvalue weighted by Gasteiger charge is 2.30. The van der Waals surface area contributed by atoms with E-state index in [9.17, 15) is 14.7 Å². The quantitative estimate of drug-likeness (QED) is 0.738. The van der Waals surface area contributed by atoms with Crippen molar-refractivity contribution in [3.63, 3.8) is 0 Å². The molecule has 1 unspecified atom stereocenters. The van der Waals surface area contributed by atoms with E-state index in [0.717, 1.165) is 0 Å². The van der Waals surface area contributed by atoms with Crippen molar-refractivity contribution in [2.24, 2.45) is 0 Å². The summed E-state index contributed by atoms with van der Waals surface area (Å²) in [6.45, 7) is 1.89. The molecule has 7 heteroatoms. The van der Waals surface area contributed by atoms with Crippen LogP contribution in [0.5, 0.6) is 0 Å². The molecule has 0 bridgehead atoms. The van der Waals surface area contributed by atoms with Crippen molar-refractivity contribution in [1.29, 1.82) is 0 Å². The molecule has 108 valence electrons. The fourth-order valence-electron chi connectivity index (χ4n) is 2.52. The van der Waals surface area contributed by atoms with Crippen LogP contribution in [0, 0.1) is 0 Å². The fraction of sp³-hybridized carbons (Fsp3) is 0.833. The number of nitrogens with zero attached hydrogens (tertiary/aromatic N) is 2. The lowest BCUT2D eigenvalue weighted by molar-refractivity contribution is -0.145. The number of hydrogen-bond donors (Lipinski definition) is 2. The molecule has 2 aliphatic rings. The maximum atomic E-state index is 12.1. The topological polar surface area (TPSA) is 90.3 Å². The van der Waals surface area contributed by atoms with Crippen LogP contribution >= 0.6 is 0 Å².